The molecule has 0 radical (unpaired) electrons. The normalized spacial score (nSPS) is 26.6. The number of para-hydroxylation sites is 1. The van der Waals surface area contributed by atoms with Crippen molar-refractivity contribution in [1.82, 2.24) is 5.32 Å². The van der Waals surface area contributed by atoms with E-state index in [1.54, 1.807) is 48.4 Å². The Hall–Kier alpha value is -4.04. The summed E-state index contributed by atoms with van der Waals surface area (Å²) in [7, 11) is 1.55. The molecule has 0 saturated carbocycles. The Labute approximate surface area is 207 Å². The van der Waals surface area contributed by atoms with E-state index in [1.807, 2.05) is 31.2 Å². The van der Waals surface area contributed by atoms with E-state index in [0.29, 0.717) is 22.7 Å². The summed E-state index contributed by atoms with van der Waals surface area (Å²) in [6.07, 6.45) is 0. The summed E-state index contributed by atoms with van der Waals surface area (Å²) in [5.74, 6) is -2.35. The van der Waals surface area contributed by atoms with E-state index in [2.05, 4.69) is 5.32 Å². The Morgan fingerprint density at radius 2 is 1.64 bits per heavy atom. The van der Waals surface area contributed by atoms with Gasteiger partial charge in [-0.05, 0) is 55.0 Å². The Bertz CT molecular complexity index is 1390. The van der Waals surface area contributed by atoms with Crippen LogP contribution in [0.2, 0.25) is 0 Å². The molecule has 3 aromatic rings. The standard InChI is InChI=1S/C28H24FN3O4/c1-16-23-24(26(34)32(25(23)33)19-11-13-20(36-2)14-12-19)28(30-16)21-5-3-4-6-22(21)31(27(28)35)15-17-7-9-18(29)10-8-17/h3-14,16,23-24,30H,15H2,1-2H3/t16-,23+,24+,28+/m0/s1. The predicted octanol–water partition coefficient (Wildman–Crippen LogP) is 3.37. The first-order valence-corrected chi connectivity index (χ1v) is 11.8. The van der Waals surface area contributed by atoms with Crippen molar-refractivity contribution >= 4 is 29.1 Å². The highest BCUT2D eigenvalue weighted by Gasteiger charge is 2.71. The summed E-state index contributed by atoms with van der Waals surface area (Å²) in [5.41, 5.74) is 1.19. The van der Waals surface area contributed by atoms with Crippen molar-refractivity contribution in [1.29, 1.82) is 0 Å². The highest BCUT2D eigenvalue weighted by molar-refractivity contribution is 6.26. The van der Waals surface area contributed by atoms with Crippen molar-refractivity contribution < 1.29 is 23.5 Å². The Morgan fingerprint density at radius 1 is 0.944 bits per heavy atom. The molecule has 0 bridgehead atoms. The van der Waals surface area contributed by atoms with Gasteiger partial charge >= 0.3 is 0 Å². The first-order chi connectivity index (χ1) is 17.4. The lowest BCUT2D eigenvalue weighted by Gasteiger charge is -2.30. The van der Waals surface area contributed by atoms with Crippen LogP contribution in [-0.2, 0) is 26.5 Å². The van der Waals surface area contributed by atoms with Crippen molar-refractivity contribution in [2.45, 2.75) is 25.0 Å². The zero-order chi connectivity index (χ0) is 25.2. The lowest BCUT2D eigenvalue weighted by molar-refractivity contribution is -0.132. The topological polar surface area (TPSA) is 79.0 Å². The van der Waals surface area contributed by atoms with Crippen LogP contribution in [0.25, 0.3) is 0 Å². The Balaban J connectivity index is 1.43. The number of halogens is 1. The fourth-order valence-electron chi connectivity index (χ4n) is 6.02. The van der Waals surface area contributed by atoms with Crippen molar-refractivity contribution in [3.63, 3.8) is 0 Å². The fourth-order valence-corrected chi connectivity index (χ4v) is 6.02. The van der Waals surface area contributed by atoms with Crippen molar-refractivity contribution in [2.75, 3.05) is 16.9 Å². The zero-order valence-electron chi connectivity index (χ0n) is 19.8. The average Bonchev–Trinajstić information content (AvgIpc) is 3.44. The molecule has 0 unspecified atom stereocenters. The molecule has 3 amide bonds. The molecule has 3 aliphatic heterocycles. The molecule has 182 valence electrons. The van der Waals surface area contributed by atoms with Gasteiger partial charge in [-0.2, -0.15) is 0 Å². The number of benzene rings is 3. The van der Waals surface area contributed by atoms with Gasteiger partial charge in [0.1, 0.15) is 17.1 Å². The first-order valence-electron chi connectivity index (χ1n) is 11.8. The van der Waals surface area contributed by atoms with E-state index in [1.165, 1.54) is 17.0 Å². The van der Waals surface area contributed by atoms with Gasteiger partial charge < -0.3 is 9.64 Å². The van der Waals surface area contributed by atoms with E-state index in [0.717, 1.165) is 5.56 Å². The van der Waals surface area contributed by atoms with Gasteiger partial charge in [-0.1, -0.05) is 30.3 Å². The highest BCUT2D eigenvalue weighted by Crippen LogP contribution is 2.55. The van der Waals surface area contributed by atoms with Crippen LogP contribution in [0.5, 0.6) is 5.75 Å². The third kappa shape index (κ3) is 2.97. The van der Waals surface area contributed by atoms with Gasteiger partial charge in [0, 0.05) is 17.3 Å². The molecular weight excluding hydrogens is 461 g/mol. The minimum absolute atomic E-state index is 0.218. The summed E-state index contributed by atoms with van der Waals surface area (Å²) < 4.78 is 18.7. The number of nitrogens with zero attached hydrogens (tertiary/aromatic N) is 2. The number of ether oxygens (including phenoxy) is 1. The van der Waals surface area contributed by atoms with Crippen molar-refractivity contribution in [3.8, 4) is 5.75 Å². The average molecular weight is 486 g/mol. The Morgan fingerprint density at radius 3 is 2.33 bits per heavy atom. The second-order valence-corrected chi connectivity index (χ2v) is 9.49. The maximum atomic E-state index is 14.2. The maximum absolute atomic E-state index is 14.2. The second-order valence-electron chi connectivity index (χ2n) is 9.49. The number of imide groups is 1. The minimum atomic E-state index is -1.37. The number of nitrogens with one attached hydrogen (secondary N) is 1. The number of fused-ring (bicyclic) bond motifs is 4. The third-order valence-corrected chi connectivity index (χ3v) is 7.60. The number of amides is 3. The van der Waals surface area contributed by atoms with Crippen LogP contribution in [0.3, 0.4) is 0 Å². The third-order valence-electron chi connectivity index (χ3n) is 7.60. The van der Waals surface area contributed by atoms with Gasteiger partial charge in [0.25, 0.3) is 5.91 Å². The molecule has 4 atom stereocenters. The molecule has 1 spiro atoms. The van der Waals surface area contributed by atoms with Crippen LogP contribution in [0, 0.1) is 17.7 Å². The molecule has 3 heterocycles. The van der Waals surface area contributed by atoms with Crippen molar-refractivity contribution in [3.05, 3.63) is 89.7 Å². The predicted molar refractivity (Wildman–Crippen MR) is 131 cm³/mol. The van der Waals surface area contributed by atoms with E-state index in [4.69, 9.17) is 4.74 Å². The summed E-state index contributed by atoms with van der Waals surface area (Å²) in [4.78, 5) is 44.6. The van der Waals surface area contributed by atoms with Crippen LogP contribution in [0.1, 0.15) is 18.1 Å². The number of rotatable bonds is 4. The largest absolute Gasteiger partial charge is 0.497 e. The van der Waals surface area contributed by atoms with E-state index in [9.17, 15) is 18.8 Å². The van der Waals surface area contributed by atoms with E-state index in [-0.39, 0.29) is 24.2 Å². The SMILES string of the molecule is COc1ccc(N2C(=O)[C@@H]3[C@H](C)N[C@@]4(C(=O)N(Cc5ccc(F)cc5)c5ccccc54)[C@H]3C2=O)cc1. The van der Waals surface area contributed by atoms with E-state index >= 15 is 0 Å². The van der Waals surface area contributed by atoms with Crippen LogP contribution < -0.4 is 19.9 Å². The fraction of sp³-hybridized carbons (Fsp3) is 0.250. The molecule has 36 heavy (non-hydrogen) atoms. The van der Waals surface area contributed by atoms with Crippen LogP contribution in [0.15, 0.2) is 72.8 Å². The van der Waals surface area contributed by atoms with Crippen LogP contribution >= 0.6 is 0 Å². The summed E-state index contributed by atoms with van der Waals surface area (Å²) >= 11 is 0. The summed E-state index contributed by atoms with van der Waals surface area (Å²) in [5, 5.41) is 3.37. The molecule has 2 saturated heterocycles. The van der Waals surface area contributed by atoms with Gasteiger partial charge in [0.15, 0.2) is 0 Å². The lowest BCUT2D eigenvalue weighted by Crippen LogP contribution is -2.54. The molecule has 6 rings (SSSR count). The maximum Gasteiger partial charge on any atom is 0.253 e. The number of methoxy groups -OCH3 is 1. The molecule has 7 nitrogen and oxygen atoms in total. The highest BCUT2D eigenvalue weighted by atomic mass is 19.1. The van der Waals surface area contributed by atoms with Gasteiger partial charge in [0.05, 0.1) is 31.2 Å². The number of carbonyl (C=O) groups is 3. The molecule has 0 aliphatic carbocycles. The van der Waals surface area contributed by atoms with Crippen LogP contribution in [-0.4, -0.2) is 30.9 Å². The molecule has 1 N–H and O–H groups in total. The van der Waals surface area contributed by atoms with Crippen LogP contribution in [0.4, 0.5) is 15.8 Å². The molecule has 0 aromatic heterocycles. The number of hydrogen-bond donors (Lipinski definition) is 1. The van der Waals surface area contributed by atoms with Gasteiger partial charge in [-0.3, -0.25) is 19.7 Å². The smallest absolute Gasteiger partial charge is 0.253 e. The Kier molecular flexibility index (Phi) is 4.98. The quantitative estimate of drug-likeness (QED) is 0.574. The summed E-state index contributed by atoms with van der Waals surface area (Å²) in [6, 6.07) is 19.7. The molecular formula is C28H24FN3O4. The van der Waals surface area contributed by atoms with E-state index < -0.39 is 29.3 Å². The van der Waals surface area contributed by atoms with Gasteiger partial charge in [-0.15, -0.1) is 0 Å². The van der Waals surface area contributed by atoms with Crippen molar-refractivity contribution in [2.24, 2.45) is 11.8 Å². The first kappa shape index (κ1) is 22.4. The second kappa shape index (κ2) is 7.99. The monoisotopic (exact) mass is 485 g/mol. The minimum Gasteiger partial charge on any atom is -0.497 e. The number of hydrogen-bond acceptors (Lipinski definition) is 5. The number of carbonyl (C=O) groups excluding carboxylic acids is 3. The zero-order valence-corrected chi connectivity index (χ0v) is 19.8. The molecule has 8 heteroatoms. The molecule has 3 aromatic carbocycles. The molecule has 3 aliphatic rings. The lowest BCUT2D eigenvalue weighted by atomic mass is 9.76. The molecule has 2 fully saturated rings. The number of anilines is 2. The van der Waals surface area contributed by atoms with Gasteiger partial charge in [-0.25, -0.2) is 9.29 Å². The summed E-state index contributed by atoms with van der Waals surface area (Å²) in [6.45, 7) is 2.06. The van der Waals surface area contributed by atoms with Gasteiger partial charge in [0.2, 0.25) is 11.8 Å².